The van der Waals surface area contributed by atoms with Crippen LogP contribution in [0.4, 0.5) is 0 Å². The first-order valence-corrected chi connectivity index (χ1v) is 11.2. The first-order chi connectivity index (χ1) is 10.2. The zero-order chi connectivity index (χ0) is 16.3. The molecule has 0 spiro atoms. The molecular formula is C12H7Br3O4S2. The molecule has 0 aliphatic heterocycles. The normalized spacial score (nSPS) is 8.52. The Kier molecular flexibility index (Phi) is 11.8. The van der Waals surface area contributed by atoms with Gasteiger partial charge in [-0.25, -0.2) is 0 Å². The van der Waals surface area contributed by atoms with Crippen molar-refractivity contribution in [3.05, 3.63) is 42.2 Å². The van der Waals surface area contributed by atoms with Crippen LogP contribution in [0.5, 0.6) is 0 Å². The van der Waals surface area contributed by atoms with E-state index in [1.807, 2.05) is 0 Å². The number of halogens is 3. The Morgan fingerprint density at radius 2 is 1.43 bits per heavy atom. The van der Waals surface area contributed by atoms with Gasteiger partial charge in [-0.05, 0) is 33.4 Å². The van der Waals surface area contributed by atoms with E-state index in [0.29, 0.717) is 46.0 Å². The van der Waals surface area contributed by atoms with E-state index in [1.54, 1.807) is 17.5 Å². The molecule has 0 aliphatic carbocycles. The van der Waals surface area contributed by atoms with Gasteiger partial charge in [0.1, 0.15) is 0 Å². The van der Waals surface area contributed by atoms with Crippen molar-refractivity contribution in [3.8, 4) is 0 Å². The van der Waals surface area contributed by atoms with Crippen molar-refractivity contribution < 1.29 is 19.2 Å². The zero-order valence-electron chi connectivity index (χ0n) is 10.1. The molecule has 2 aromatic heterocycles. The van der Waals surface area contributed by atoms with E-state index in [0.717, 1.165) is 3.79 Å². The van der Waals surface area contributed by atoms with Gasteiger partial charge in [0.25, 0.3) is 0 Å². The molecule has 21 heavy (non-hydrogen) atoms. The molecular weight excluding hydrogens is 512 g/mol. The lowest BCUT2D eigenvalue weighted by Crippen LogP contribution is -1.79. The molecule has 0 aromatic carbocycles. The summed E-state index contributed by atoms with van der Waals surface area (Å²) in [7, 11) is 0. The van der Waals surface area contributed by atoms with E-state index in [2.05, 4.69) is 44.2 Å². The Balaban J connectivity index is 0.000000342. The van der Waals surface area contributed by atoms with Crippen LogP contribution in [-0.2, 0) is 0 Å². The molecule has 0 fully saturated rings. The summed E-state index contributed by atoms with van der Waals surface area (Å²) in [6.07, 6.45) is 2.72. The topological polar surface area (TPSA) is 68.3 Å². The van der Waals surface area contributed by atoms with Crippen LogP contribution in [0.2, 0.25) is 0 Å². The summed E-state index contributed by atoms with van der Waals surface area (Å²) in [6, 6.07) is 3.25. The van der Waals surface area contributed by atoms with Crippen molar-refractivity contribution in [1.82, 2.24) is 0 Å². The minimum Gasteiger partial charge on any atom is -0.298 e. The molecule has 0 amide bonds. The first kappa shape index (κ1) is 20.5. The molecule has 2 heterocycles. The van der Waals surface area contributed by atoms with Crippen molar-refractivity contribution in [2.45, 2.75) is 0 Å². The van der Waals surface area contributed by atoms with E-state index in [-0.39, 0.29) is 0 Å². The van der Waals surface area contributed by atoms with Crippen molar-refractivity contribution in [2.75, 3.05) is 0 Å². The Bertz CT molecular complexity index is 559. The molecule has 0 unspecified atom stereocenters. The highest BCUT2D eigenvalue weighted by Crippen LogP contribution is 2.24. The maximum absolute atomic E-state index is 10.2. The Labute approximate surface area is 152 Å². The fourth-order valence-electron chi connectivity index (χ4n) is 1.09. The average Bonchev–Trinajstić information content (AvgIpc) is 3.14. The number of rotatable bonds is 4. The van der Waals surface area contributed by atoms with E-state index in [1.165, 1.54) is 22.7 Å². The van der Waals surface area contributed by atoms with Crippen LogP contribution in [0.15, 0.2) is 21.3 Å². The van der Waals surface area contributed by atoms with Crippen LogP contribution >= 0.6 is 66.9 Å². The molecule has 0 bridgehead atoms. The van der Waals surface area contributed by atoms with Crippen molar-refractivity contribution >= 4 is 92.0 Å². The first-order valence-electron chi connectivity index (χ1n) is 4.98. The molecule has 2 aromatic rings. The third-order valence-corrected chi connectivity index (χ3v) is 4.39. The second kappa shape index (κ2) is 12.1. The average molecular weight is 519 g/mol. The van der Waals surface area contributed by atoms with Crippen LogP contribution in [-0.4, -0.2) is 25.1 Å². The van der Waals surface area contributed by atoms with Gasteiger partial charge in [0.2, 0.25) is 0 Å². The molecule has 0 N–H and O–H groups in total. The fraction of sp³-hybridized carbons (Fsp3) is 0. The predicted octanol–water partition coefficient (Wildman–Crippen LogP) is 5.20. The second-order valence-corrected chi connectivity index (χ2v) is 6.49. The summed E-state index contributed by atoms with van der Waals surface area (Å²) in [4.78, 5) is 41.6. The van der Waals surface area contributed by atoms with Crippen LogP contribution in [0.3, 0.4) is 0 Å². The zero-order valence-corrected chi connectivity index (χ0v) is 16.5. The summed E-state index contributed by atoms with van der Waals surface area (Å²) in [5.74, 6) is 0. The summed E-state index contributed by atoms with van der Waals surface area (Å²) >= 11 is 11.2. The minimum atomic E-state index is 0.451. The molecule has 112 valence electrons. The number of hydrogen-bond acceptors (Lipinski definition) is 6. The van der Waals surface area contributed by atoms with E-state index >= 15 is 0 Å². The maximum atomic E-state index is 10.2. The predicted molar refractivity (Wildman–Crippen MR) is 95.7 cm³/mol. The second-order valence-electron chi connectivity index (χ2n) is 3.08. The standard InChI is InChI=1S/C6H3BrO2S.C6H4O2S.Br2/c7-6-1-4(2-8)5(3-9)10-6;7-3-5-1-2-9-6(5)4-8;1-2/h1-3H;1-4H;. The third kappa shape index (κ3) is 6.88. The Morgan fingerprint density at radius 3 is 1.81 bits per heavy atom. The number of hydrogen-bond donors (Lipinski definition) is 0. The lowest BCUT2D eigenvalue weighted by atomic mass is 10.3. The number of aldehydes is 4. The number of thiophene rings is 2. The molecule has 0 saturated heterocycles. The highest BCUT2D eigenvalue weighted by Gasteiger charge is 2.04. The van der Waals surface area contributed by atoms with Gasteiger partial charge in [-0.1, -0.05) is 0 Å². The fourth-order valence-corrected chi connectivity index (χ4v) is 3.20. The lowest BCUT2D eigenvalue weighted by molar-refractivity contribution is 0.109. The van der Waals surface area contributed by atoms with Crippen molar-refractivity contribution in [1.29, 1.82) is 0 Å². The summed E-state index contributed by atoms with van der Waals surface area (Å²) in [6.45, 7) is 0. The minimum absolute atomic E-state index is 0.451. The van der Waals surface area contributed by atoms with Gasteiger partial charge >= 0.3 is 0 Å². The molecule has 9 heteroatoms. The Hall–Kier alpha value is -0.480. The molecule has 0 atom stereocenters. The highest BCUT2D eigenvalue weighted by atomic mass is 80.9. The van der Waals surface area contributed by atoms with Gasteiger partial charge in [0.05, 0.1) is 13.5 Å². The summed E-state index contributed by atoms with van der Waals surface area (Å²) in [5.41, 5.74) is 0.932. The third-order valence-electron chi connectivity index (χ3n) is 1.96. The van der Waals surface area contributed by atoms with Gasteiger partial charge in [0, 0.05) is 39.4 Å². The van der Waals surface area contributed by atoms with Gasteiger partial charge < -0.3 is 0 Å². The summed E-state index contributed by atoms with van der Waals surface area (Å²) < 4.78 is 0.803. The van der Waals surface area contributed by atoms with E-state index in [9.17, 15) is 19.2 Å². The molecule has 0 radical (unpaired) electrons. The van der Waals surface area contributed by atoms with Gasteiger partial charge in [0.15, 0.2) is 25.1 Å². The van der Waals surface area contributed by atoms with E-state index in [4.69, 9.17) is 0 Å². The van der Waals surface area contributed by atoms with Crippen LogP contribution in [0.25, 0.3) is 0 Å². The summed E-state index contributed by atoms with van der Waals surface area (Å²) in [5, 5.41) is 1.72. The lowest BCUT2D eigenvalue weighted by Gasteiger charge is -1.78. The number of carbonyl (C=O) groups excluding carboxylic acids is 4. The van der Waals surface area contributed by atoms with Crippen LogP contribution < -0.4 is 0 Å². The SMILES string of the molecule is BrBr.O=Cc1cc(Br)sc1C=O.O=Cc1ccsc1C=O. The molecule has 2 rings (SSSR count). The van der Waals surface area contributed by atoms with E-state index < -0.39 is 0 Å². The van der Waals surface area contributed by atoms with Gasteiger partial charge in [-0.2, -0.15) is 0 Å². The smallest absolute Gasteiger partial charge is 0.160 e. The molecule has 0 saturated carbocycles. The van der Waals surface area contributed by atoms with Crippen LogP contribution in [0.1, 0.15) is 40.1 Å². The van der Waals surface area contributed by atoms with Crippen LogP contribution in [0, 0.1) is 0 Å². The monoisotopic (exact) mass is 516 g/mol. The maximum Gasteiger partial charge on any atom is 0.160 e. The highest BCUT2D eigenvalue weighted by molar-refractivity contribution is 9.93. The molecule has 0 aliphatic rings. The van der Waals surface area contributed by atoms with Crippen molar-refractivity contribution in [3.63, 3.8) is 0 Å². The van der Waals surface area contributed by atoms with Gasteiger partial charge in [-0.3, -0.25) is 19.2 Å². The largest absolute Gasteiger partial charge is 0.298 e. The van der Waals surface area contributed by atoms with Crippen molar-refractivity contribution in [2.24, 2.45) is 0 Å². The quantitative estimate of drug-likeness (QED) is 0.522. The molecule has 4 nitrogen and oxygen atoms in total. The number of carbonyl (C=O) groups is 4. The Morgan fingerprint density at radius 1 is 0.857 bits per heavy atom. The van der Waals surface area contributed by atoms with Gasteiger partial charge in [-0.15, -0.1) is 22.7 Å².